The van der Waals surface area contributed by atoms with Crippen molar-refractivity contribution in [2.24, 2.45) is 5.92 Å². The first kappa shape index (κ1) is 26.5. The van der Waals surface area contributed by atoms with Crippen LogP contribution in [0.2, 0.25) is 0 Å². The number of ether oxygens (including phenoxy) is 1. The van der Waals surface area contributed by atoms with Crippen LogP contribution >= 0.6 is 0 Å². The molecule has 138 valence electrons. The molecule has 0 bridgehead atoms. The maximum Gasteiger partial charge on any atom is 0.306 e. The summed E-state index contributed by atoms with van der Waals surface area (Å²) in [5.74, 6) is 0.126. The number of carbonyl (C=O) groups is 2. The van der Waals surface area contributed by atoms with E-state index in [-0.39, 0.29) is 37.4 Å². The lowest BCUT2D eigenvalue weighted by Gasteiger charge is -2.18. The third-order valence-electron chi connectivity index (χ3n) is 2.53. The predicted molar refractivity (Wildman–Crippen MR) is 96.2 cm³/mol. The molecule has 1 fully saturated rings. The van der Waals surface area contributed by atoms with Gasteiger partial charge >= 0.3 is 5.97 Å². The first-order chi connectivity index (χ1) is 10.2. The van der Waals surface area contributed by atoms with Gasteiger partial charge in [-0.05, 0) is 41.0 Å². The average molecular weight is 331 g/mol. The lowest BCUT2D eigenvalue weighted by molar-refractivity contribution is -0.154. The van der Waals surface area contributed by atoms with Crippen LogP contribution in [0.25, 0.3) is 0 Å². The number of aliphatic hydroxyl groups is 1. The van der Waals surface area contributed by atoms with Crippen molar-refractivity contribution in [2.75, 3.05) is 13.2 Å². The smallest absolute Gasteiger partial charge is 0.306 e. The van der Waals surface area contributed by atoms with Gasteiger partial charge in [0.05, 0.1) is 0 Å². The Morgan fingerprint density at radius 3 is 2.09 bits per heavy atom. The minimum Gasteiger partial charge on any atom is -0.460 e. The number of aliphatic hydroxyl groups excluding tert-OH is 1. The van der Waals surface area contributed by atoms with E-state index in [1.165, 1.54) is 0 Å². The first-order valence-electron chi connectivity index (χ1n) is 7.86. The number of amides is 1. The summed E-state index contributed by atoms with van der Waals surface area (Å²) >= 11 is 0. The minimum absolute atomic E-state index is 0. The van der Waals surface area contributed by atoms with Crippen LogP contribution in [0.1, 0.15) is 68.2 Å². The van der Waals surface area contributed by atoms with E-state index in [4.69, 9.17) is 9.84 Å². The zero-order chi connectivity index (χ0) is 17.6. The number of hydrogen-bond donors (Lipinski definition) is 2. The van der Waals surface area contributed by atoms with E-state index in [2.05, 4.69) is 5.32 Å². The Hall–Kier alpha value is -1.36. The Kier molecular flexibility index (Phi) is 17.9. The second-order valence-electron chi connectivity index (χ2n) is 6.06. The van der Waals surface area contributed by atoms with Crippen molar-refractivity contribution in [3.63, 3.8) is 0 Å². The highest BCUT2D eigenvalue weighted by molar-refractivity contribution is 5.78. The van der Waals surface area contributed by atoms with Gasteiger partial charge in [-0.1, -0.05) is 26.5 Å². The normalized spacial score (nSPS) is 16.3. The van der Waals surface area contributed by atoms with Gasteiger partial charge in [0.1, 0.15) is 5.60 Å². The van der Waals surface area contributed by atoms with Gasteiger partial charge in [-0.3, -0.25) is 9.59 Å². The summed E-state index contributed by atoms with van der Waals surface area (Å²) in [6.07, 6.45) is 5.88. The molecule has 1 atom stereocenters. The maximum absolute atomic E-state index is 10.8. The predicted octanol–water partition coefficient (Wildman–Crippen LogP) is 3.46. The summed E-state index contributed by atoms with van der Waals surface area (Å²) < 4.78 is 5.04. The van der Waals surface area contributed by atoms with Crippen LogP contribution in [-0.4, -0.2) is 35.7 Å². The van der Waals surface area contributed by atoms with Gasteiger partial charge in [0.25, 0.3) is 0 Å². The van der Waals surface area contributed by atoms with Crippen molar-refractivity contribution in [1.29, 1.82) is 0 Å². The number of allylic oxidation sites excluding steroid dienone is 2. The fourth-order valence-electron chi connectivity index (χ4n) is 1.39. The molecule has 1 amide bonds. The number of hydrogen-bond acceptors (Lipinski definition) is 4. The summed E-state index contributed by atoms with van der Waals surface area (Å²) in [6, 6.07) is 0. The Balaban J connectivity index is -0.000000277. The molecule has 0 aliphatic carbocycles. The number of esters is 1. The van der Waals surface area contributed by atoms with Gasteiger partial charge in [0.2, 0.25) is 5.91 Å². The molecular weight excluding hydrogens is 294 g/mol. The van der Waals surface area contributed by atoms with E-state index in [0.29, 0.717) is 19.4 Å². The standard InChI is InChI=1S/C8H16O2.C5H9NO2.C4H8.CH4/c1-5-6-7(9)10-8(2,3)4;7-3-4-1-5(8)6-2-4;1-3-4-2;/h5-6H2,1-4H3;4,7H,1-3H2,(H,6,8);3-4H,1-2H3;1H4/b;;4-3-;. The van der Waals surface area contributed by atoms with Crippen LogP contribution in [0, 0.1) is 5.92 Å². The van der Waals surface area contributed by atoms with Crippen molar-refractivity contribution in [3.05, 3.63) is 12.2 Å². The monoisotopic (exact) mass is 331 g/mol. The number of nitrogens with one attached hydrogen (secondary N) is 1. The molecule has 23 heavy (non-hydrogen) atoms. The fourth-order valence-corrected chi connectivity index (χ4v) is 1.39. The summed E-state index contributed by atoms with van der Waals surface area (Å²) in [5, 5.41) is 11.1. The molecule has 1 unspecified atom stereocenters. The molecule has 0 spiro atoms. The molecular formula is C18H37NO4. The van der Waals surface area contributed by atoms with E-state index in [0.717, 1.165) is 6.42 Å². The zero-order valence-corrected chi connectivity index (χ0v) is 14.9. The Morgan fingerprint density at radius 2 is 1.87 bits per heavy atom. The van der Waals surface area contributed by atoms with Crippen LogP contribution in [-0.2, 0) is 14.3 Å². The highest BCUT2D eigenvalue weighted by Gasteiger charge is 2.19. The molecule has 1 heterocycles. The number of carbonyl (C=O) groups excluding carboxylic acids is 2. The molecule has 2 N–H and O–H groups in total. The van der Waals surface area contributed by atoms with Crippen LogP contribution in [0.5, 0.6) is 0 Å². The number of rotatable bonds is 3. The Labute approximate surface area is 142 Å². The van der Waals surface area contributed by atoms with Crippen LogP contribution in [0.15, 0.2) is 12.2 Å². The second-order valence-corrected chi connectivity index (χ2v) is 6.06. The van der Waals surface area contributed by atoms with Crippen molar-refractivity contribution in [2.45, 2.75) is 73.8 Å². The van der Waals surface area contributed by atoms with E-state index in [1.807, 2.05) is 53.7 Å². The topological polar surface area (TPSA) is 75.6 Å². The summed E-state index contributed by atoms with van der Waals surface area (Å²) in [5.41, 5.74) is -0.327. The van der Waals surface area contributed by atoms with Crippen molar-refractivity contribution >= 4 is 11.9 Å². The third-order valence-corrected chi connectivity index (χ3v) is 2.53. The van der Waals surface area contributed by atoms with Crippen LogP contribution in [0.4, 0.5) is 0 Å². The van der Waals surface area contributed by atoms with Crippen LogP contribution in [0.3, 0.4) is 0 Å². The Morgan fingerprint density at radius 1 is 1.35 bits per heavy atom. The van der Waals surface area contributed by atoms with E-state index >= 15 is 0 Å². The third kappa shape index (κ3) is 20.6. The van der Waals surface area contributed by atoms with E-state index < -0.39 is 0 Å². The molecule has 1 aliphatic heterocycles. The van der Waals surface area contributed by atoms with Crippen molar-refractivity contribution in [1.82, 2.24) is 5.32 Å². The molecule has 0 aromatic heterocycles. The van der Waals surface area contributed by atoms with E-state index in [1.54, 1.807) is 0 Å². The summed E-state index contributed by atoms with van der Waals surface area (Å²) in [7, 11) is 0. The molecule has 0 radical (unpaired) electrons. The van der Waals surface area contributed by atoms with Gasteiger partial charge < -0.3 is 15.2 Å². The SMILES string of the molecule is C.C/C=C\C.CCCC(=O)OC(C)(C)C.O=C1CC(CO)CN1. The van der Waals surface area contributed by atoms with Crippen molar-refractivity contribution < 1.29 is 19.4 Å². The van der Waals surface area contributed by atoms with Gasteiger partial charge in [0.15, 0.2) is 0 Å². The molecule has 0 saturated carbocycles. The largest absolute Gasteiger partial charge is 0.460 e. The Bertz CT molecular complexity index is 328. The molecule has 0 aromatic carbocycles. The quantitative estimate of drug-likeness (QED) is 0.613. The molecule has 1 aliphatic rings. The average Bonchev–Trinajstić information content (AvgIpc) is 2.84. The van der Waals surface area contributed by atoms with E-state index in [9.17, 15) is 9.59 Å². The molecule has 5 heteroatoms. The summed E-state index contributed by atoms with van der Waals surface area (Å²) in [6.45, 7) is 12.4. The van der Waals surface area contributed by atoms with Gasteiger partial charge in [-0.2, -0.15) is 0 Å². The lowest BCUT2D eigenvalue weighted by atomic mass is 10.1. The van der Waals surface area contributed by atoms with Gasteiger partial charge in [-0.15, -0.1) is 0 Å². The highest BCUT2D eigenvalue weighted by Crippen LogP contribution is 2.08. The fraction of sp³-hybridized carbons (Fsp3) is 0.778. The molecule has 0 aromatic rings. The molecule has 1 rings (SSSR count). The van der Waals surface area contributed by atoms with Crippen LogP contribution < -0.4 is 5.32 Å². The lowest BCUT2D eigenvalue weighted by Crippen LogP contribution is -2.23. The van der Waals surface area contributed by atoms with Gasteiger partial charge in [0, 0.05) is 31.9 Å². The second kappa shape index (κ2) is 15.5. The van der Waals surface area contributed by atoms with Gasteiger partial charge in [-0.25, -0.2) is 0 Å². The molecule has 1 saturated heterocycles. The summed E-state index contributed by atoms with van der Waals surface area (Å²) in [4.78, 5) is 21.2. The molecule has 5 nitrogen and oxygen atoms in total. The zero-order valence-electron chi connectivity index (χ0n) is 14.9. The van der Waals surface area contributed by atoms with Crippen molar-refractivity contribution in [3.8, 4) is 0 Å². The maximum atomic E-state index is 10.8. The first-order valence-corrected chi connectivity index (χ1v) is 7.86. The highest BCUT2D eigenvalue weighted by atomic mass is 16.6. The minimum atomic E-state index is -0.327.